The molecule has 180 valence electrons. The van der Waals surface area contributed by atoms with Crippen LogP contribution in [-0.4, -0.2) is 60.6 Å². The molecule has 0 saturated carbocycles. The molecule has 0 aliphatic carbocycles. The predicted molar refractivity (Wildman–Crippen MR) is 134 cm³/mol. The van der Waals surface area contributed by atoms with Crippen molar-refractivity contribution < 1.29 is 9.59 Å². The van der Waals surface area contributed by atoms with Crippen LogP contribution in [0.25, 0.3) is 22.3 Å². The van der Waals surface area contributed by atoms with E-state index >= 15 is 0 Å². The van der Waals surface area contributed by atoms with Crippen molar-refractivity contribution in [1.82, 2.24) is 29.6 Å². The zero-order valence-electron chi connectivity index (χ0n) is 20.0. The highest BCUT2D eigenvalue weighted by Gasteiger charge is 2.22. The molecule has 35 heavy (non-hydrogen) atoms. The van der Waals surface area contributed by atoms with Crippen molar-refractivity contribution in [3.8, 4) is 11.3 Å². The normalized spacial score (nSPS) is 16.0. The maximum atomic E-state index is 13.0. The lowest BCUT2D eigenvalue weighted by molar-refractivity contribution is -0.117. The van der Waals surface area contributed by atoms with Gasteiger partial charge in [-0.25, -0.2) is 4.98 Å². The summed E-state index contributed by atoms with van der Waals surface area (Å²) >= 11 is 0. The second-order valence-corrected chi connectivity index (χ2v) is 9.07. The number of H-pyrrole nitrogens is 1. The van der Waals surface area contributed by atoms with E-state index in [-0.39, 0.29) is 11.8 Å². The highest BCUT2D eigenvalue weighted by atomic mass is 16.2. The van der Waals surface area contributed by atoms with Gasteiger partial charge in [-0.15, -0.1) is 0 Å². The van der Waals surface area contributed by atoms with Gasteiger partial charge in [0.2, 0.25) is 5.91 Å². The number of aromatic amines is 1. The van der Waals surface area contributed by atoms with Crippen molar-refractivity contribution in [2.24, 2.45) is 7.05 Å². The third-order valence-corrected chi connectivity index (χ3v) is 6.40. The molecule has 1 atom stereocenters. The Labute approximate surface area is 202 Å². The molecule has 1 saturated heterocycles. The maximum Gasteiger partial charge on any atom is 0.257 e. The van der Waals surface area contributed by atoms with Crippen LogP contribution in [0.2, 0.25) is 0 Å². The molecule has 0 radical (unpaired) electrons. The topological polar surface area (TPSA) is 121 Å². The summed E-state index contributed by atoms with van der Waals surface area (Å²) in [6, 6.07) is 5.88. The van der Waals surface area contributed by atoms with Gasteiger partial charge in [-0.1, -0.05) is 0 Å². The summed E-state index contributed by atoms with van der Waals surface area (Å²) in [5.74, 6) is -0.393. The lowest BCUT2D eigenvalue weighted by atomic mass is 10.2. The third-order valence-electron chi connectivity index (χ3n) is 6.40. The second-order valence-electron chi connectivity index (χ2n) is 9.07. The Balaban J connectivity index is 1.29. The van der Waals surface area contributed by atoms with Crippen molar-refractivity contribution in [2.75, 3.05) is 23.7 Å². The van der Waals surface area contributed by atoms with Gasteiger partial charge in [0.15, 0.2) is 0 Å². The number of likely N-dealkylation sites (tertiary alicyclic amines) is 1. The van der Waals surface area contributed by atoms with Gasteiger partial charge in [0.1, 0.15) is 5.65 Å². The van der Waals surface area contributed by atoms with E-state index in [1.54, 1.807) is 36.1 Å². The Bertz CT molecular complexity index is 1410. The van der Waals surface area contributed by atoms with E-state index < -0.39 is 0 Å². The Kier molecular flexibility index (Phi) is 6.04. The summed E-state index contributed by atoms with van der Waals surface area (Å²) in [6.07, 6.45) is 9.04. The van der Waals surface area contributed by atoms with Crippen LogP contribution in [0.15, 0.2) is 43.0 Å². The minimum Gasteiger partial charge on any atom is -0.339 e. The average Bonchev–Trinajstić information content (AvgIpc) is 3.55. The fourth-order valence-electron chi connectivity index (χ4n) is 4.39. The molecule has 10 heteroatoms. The molecule has 4 aromatic rings. The average molecular weight is 473 g/mol. The summed E-state index contributed by atoms with van der Waals surface area (Å²) in [5.41, 5.74) is 4.66. The molecule has 4 aromatic heterocycles. The van der Waals surface area contributed by atoms with Crippen LogP contribution in [0, 0.1) is 6.92 Å². The molecule has 1 fully saturated rings. The zero-order valence-corrected chi connectivity index (χ0v) is 20.0. The first-order chi connectivity index (χ1) is 16.9. The van der Waals surface area contributed by atoms with Crippen molar-refractivity contribution in [1.29, 1.82) is 0 Å². The highest BCUT2D eigenvalue weighted by molar-refractivity contribution is 6.06. The number of nitrogens with one attached hydrogen (secondary N) is 3. The molecule has 1 unspecified atom stereocenters. The number of nitrogens with zero attached hydrogens (tertiary/aromatic N) is 5. The molecule has 3 N–H and O–H groups in total. The van der Waals surface area contributed by atoms with Gasteiger partial charge >= 0.3 is 0 Å². The van der Waals surface area contributed by atoms with E-state index in [1.165, 1.54) is 6.20 Å². The summed E-state index contributed by atoms with van der Waals surface area (Å²) in [7, 11) is 1.86. The van der Waals surface area contributed by atoms with Crippen LogP contribution in [-0.2, 0) is 11.8 Å². The van der Waals surface area contributed by atoms with Gasteiger partial charge < -0.3 is 15.6 Å². The fourth-order valence-corrected chi connectivity index (χ4v) is 4.39. The zero-order chi connectivity index (χ0) is 24.5. The number of pyridine rings is 2. The minimum atomic E-state index is -0.303. The Morgan fingerprint density at radius 2 is 2.00 bits per heavy atom. The number of hydrogen-bond acceptors (Lipinski definition) is 6. The number of rotatable bonds is 6. The summed E-state index contributed by atoms with van der Waals surface area (Å²) < 4.78 is 1.73. The monoisotopic (exact) mass is 472 g/mol. The molecular weight excluding hydrogens is 444 g/mol. The van der Waals surface area contributed by atoms with E-state index in [0.29, 0.717) is 40.9 Å². The van der Waals surface area contributed by atoms with Crippen molar-refractivity contribution in [3.05, 3.63) is 54.2 Å². The maximum absolute atomic E-state index is 13.0. The first kappa shape index (κ1) is 22.7. The summed E-state index contributed by atoms with van der Waals surface area (Å²) in [6.45, 7) is 5.23. The molecule has 0 bridgehead atoms. The number of aromatic nitrogens is 5. The van der Waals surface area contributed by atoms with Gasteiger partial charge in [0.25, 0.3) is 5.91 Å². The van der Waals surface area contributed by atoms with E-state index in [1.807, 2.05) is 19.3 Å². The number of amides is 2. The fraction of sp³-hybridized carbons (Fsp3) is 0.320. The summed E-state index contributed by atoms with van der Waals surface area (Å²) in [5, 5.41) is 10.8. The standard InChI is InChI=1S/C25H28N8O2/c1-15-5-4-6-33(15)14-23(34)29-20-9-21(16(2)26-12-20)31-25(35)18-7-17-8-22(30-24(17)27-10-18)19-11-28-32(3)13-19/h7-13,15H,4-6,14H2,1-3H3,(H,27,30)(H,29,34)(H,31,35). The van der Waals surface area contributed by atoms with E-state index in [0.717, 1.165) is 36.0 Å². The summed E-state index contributed by atoms with van der Waals surface area (Å²) in [4.78, 5) is 39.7. The van der Waals surface area contributed by atoms with Gasteiger partial charge in [0.05, 0.1) is 47.3 Å². The van der Waals surface area contributed by atoms with Crippen LogP contribution in [0.1, 0.15) is 35.8 Å². The molecule has 5 heterocycles. The SMILES string of the molecule is Cc1ncc(NC(=O)CN2CCCC2C)cc1NC(=O)c1cnc2[nH]c(-c3cnn(C)c3)cc2c1. The molecule has 1 aliphatic rings. The smallest absolute Gasteiger partial charge is 0.257 e. The predicted octanol–water partition coefficient (Wildman–Crippen LogP) is 3.34. The van der Waals surface area contributed by atoms with E-state index in [9.17, 15) is 9.59 Å². The number of fused-ring (bicyclic) bond motifs is 1. The highest BCUT2D eigenvalue weighted by Crippen LogP contribution is 2.24. The Morgan fingerprint density at radius 1 is 1.14 bits per heavy atom. The first-order valence-electron chi connectivity index (χ1n) is 11.7. The van der Waals surface area contributed by atoms with Crippen LogP contribution >= 0.6 is 0 Å². The molecule has 0 aromatic carbocycles. The number of aryl methyl sites for hydroxylation is 2. The van der Waals surface area contributed by atoms with Crippen LogP contribution in [0.5, 0.6) is 0 Å². The Morgan fingerprint density at radius 3 is 2.74 bits per heavy atom. The van der Waals surface area contributed by atoms with Gasteiger partial charge in [0, 0.05) is 36.4 Å². The van der Waals surface area contributed by atoms with Crippen molar-refractivity contribution >= 4 is 34.2 Å². The number of hydrogen-bond donors (Lipinski definition) is 3. The molecule has 0 spiro atoms. The van der Waals surface area contributed by atoms with Crippen LogP contribution in [0.3, 0.4) is 0 Å². The number of anilines is 2. The molecule has 10 nitrogen and oxygen atoms in total. The molecule has 5 rings (SSSR count). The quantitative estimate of drug-likeness (QED) is 0.396. The molecular formula is C25H28N8O2. The van der Waals surface area contributed by atoms with Crippen molar-refractivity contribution in [2.45, 2.75) is 32.7 Å². The van der Waals surface area contributed by atoms with Crippen LogP contribution < -0.4 is 10.6 Å². The largest absolute Gasteiger partial charge is 0.339 e. The van der Waals surface area contributed by atoms with Crippen LogP contribution in [0.4, 0.5) is 11.4 Å². The van der Waals surface area contributed by atoms with E-state index in [2.05, 4.69) is 42.5 Å². The van der Waals surface area contributed by atoms with E-state index in [4.69, 9.17) is 0 Å². The molecule has 2 amide bonds. The first-order valence-corrected chi connectivity index (χ1v) is 11.7. The molecule has 1 aliphatic heterocycles. The van der Waals surface area contributed by atoms with Crippen molar-refractivity contribution in [3.63, 3.8) is 0 Å². The lowest BCUT2D eigenvalue weighted by Gasteiger charge is -2.20. The number of carbonyl (C=O) groups is 2. The second kappa shape index (κ2) is 9.30. The van der Waals surface area contributed by atoms with Gasteiger partial charge in [-0.3, -0.25) is 24.2 Å². The van der Waals surface area contributed by atoms with Gasteiger partial charge in [-0.2, -0.15) is 5.10 Å². The van der Waals surface area contributed by atoms with Gasteiger partial charge in [-0.05, 0) is 51.4 Å². The number of carbonyl (C=O) groups excluding carboxylic acids is 2. The lowest BCUT2D eigenvalue weighted by Crippen LogP contribution is -2.35. The minimum absolute atomic E-state index is 0.0896. The Hall–Kier alpha value is -4.05. The third kappa shape index (κ3) is 4.92.